The quantitative estimate of drug-likeness (QED) is 0.849. The van der Waals surface area contributed by atoms with Crippen molar-refractivity contribution in [2.24, 2.45) is 0 Å². The average Bonchev–Trinajstić information content (AvgIpc) is 3.02. The van der Waals surface area contributed by atoms with Crippen molar-refractivity contribution >= 4 is 5.91 Å². The summed E-state index contributed by atoms with van der Waals surface area (Å²) in [7, 11) is 2.13. The van der Waals surface area contributed by atoms with Crippen LogP contribution in [0.5, 0.6) is 0 Å². The van der Waals surface area contributed by atoms with E-state index in [0.717, 1.165) is 6.54 Å². The molecule has 0 aliphatic heterocycles. The molecule has 0 saturated heterocycles. The summed E-state index contributed by atoms with van der Waals surface area (Å²) >= 11 is 0. The molecule has 1 saturated carbocycles. The van der Waals surface area contributed by atoms with Crippen LogP contribution in [0.2, 0.25) is 0 Å². The molecule has 4 nitrogen and oxygen atoms in total. The van der Waals surface area contributed by atoms with Crippen molar-refractivity contribution in [2.75, 3.05) is 20.1 Å². The molecule has 94 valence electrons. The van der Waals surface area contributed by atoms with Crippen LogP contribution in [0.1, 0.15) is 36.2 Å². The van der Waals surface area contributed by atoms with Crippen LogP contribution in [-0.2, 0) is 0 Å². The van der Waals surface area contributed by atoms with Gasteiger partial charge in [-0.25, -0.2) is 0 Å². The Balaban J connectivity index is 1.67. The maximum absolute atomic E-state index is 11.6. The number of amides is 1. The molecule has 1 amide bonds. The van der Waals surface area contributed by atoms with Crippen molar-refractivity contribution in [2.45, 2.75) is 31.7 Å². The number of likely N-dealkylation sites (N-methyl/N-ethyl adjacent to an activating group) is 1. The minimum atomic E-state index is -0.130. The van der Waals surface area contributed by atoms with Gasteiger partial charge in [0.2, 0.25) is 0 Å². The lowest BCUT2D eigenvalue weighted by atomic mass is 10.2. The third-order valence-corrected chi connectivity index (χ3v) is 3.44. The first-order valence-electron chi connectivity index (χ1n) is 6.29. The molecule has 1 aliphatic carbocycles. The smallest absolute Gasteiger partial charge is 0.287 e. The maximum atomic E-state index is 11.6. The number of carbonyl (C=O) groups is 1. The van der Waals surface area contributed by atoms with Crippen LogP contribution >= 0.6 is 0 Å². The zero-order valence-electron chi connectivity index (χ0n) is 10.3. The number of rotatable bonds is 5. The summed E-state index contributed by atoms with van der Waals surface area (Å²) in [6.07, 6.45) is 6.78. The highest BCUT2D eigenvalue weighted by Crippen LogP contribution is 2.21. The first-order chi connectivity index (χ1) is 8.27. The lowest BCUT2D eigenvalue weighted by Gasteiger charge is -2.23. The highest BCUT2D eigenvalue weighted by atomic mass is 16.3. The van der Waals surface area contributed by atoms with Crippen LogP contribution in [0.15, 0.2) is 22.8 Å². The van der Waals surface area contributed by atoms with Gasteiger partial charge in [0, 0.05) is 19.1 Å². The monoisotopic (exact) mass is 236 g/mol. The van der Waals surface area contributed by atoms with Crippen LogP contribution in [0.4, 0.5) is 0 Å². The van der Waals surface area contributed by atoms with Crippen LogP contribution in [-0.4, -0.2) is 37.0 Å². The van der Waals surface area contributed by atoms with Gasteiger partial charge in [0.1, 0.15) is 0 Å². The van der Waals surface area contributed by atoms with Crippen molar-refractivity contribution in [1.82, 2.24) is 10.2 Å². The Morgan fingerprint density at radius 3 is 2.94 bits per heavy atom. The fourth-order valence-electron chi connectivity index (χ4n) is 2.37. The normalized spacial score (nSPS) is 16.6. The number of furan rings is 1. The second-order valence-electron chi connectivity index (χ2n) is 4.65. The molecule has 17 heavy (non-hydrogen) atoms. The predicted molar refractivity (Wildman–Crippen MR) is 65.9 cm³/mol. The third-order valence-electron chi connectivity index (χ3n) is 3.44. The lowest BCUT2D eigenvalue weighted by Crippen LogP contribution is -2.37. The van der Waals surface area contributed by atoms with Gasteiger partial charge >= 0.3 is 0 Å². The van der Waals surface area contributed by atoms with Gasteiger partial charge < -0.3 is 14.6 Å². The van der Waals surface area contributed by atoms with Gasteiger partial charge in [-0.05, 0) is 32.0 Å². The molecule has 0 atom stereocenters. The molecule has 1 aromatic heterocycles. The molecule has 0 bridgehead atoms. The summed E-state index contributed by atoms with van der Waals surface area (Å²) in [4.78, 5) is 13.9. The van der Waals surface area contributed by atoms with Gasteiger partial charge in [-0.2, -0.15) is 0 Å². The van der Waals surface area contributed by atoms with Crippen LogP contribution in [0.25, 0.3) is 0 Å². The van der Waals surface area contributed by atoms with E-state index < -0.39 is 0 Å². The Morgan fingerprint density at radius 1 is 1.53 bits per heavy atom. The van der Waals surface area contributed by atoms with Crippen molar-refractivity contribution < 1.29 is 9.21 Å². The molecule has 0 unspecified atom stereocenters. The van der Waals surface area contributed by atoms with Gasteiger partial charge in [-0.3, -0.25) is 4.79 Å². The van der Waals surface area contributed by atoms with E-state index >= 15 is 0 Å². The Hall–Kier alpha value is -1.29. The molecule has 1 N–H and O–H groups in total. The van der Waals surface area contributed by atoms with Crippen molar-refractivity contribution in [3.8, 4) is 0 Å². The molecular formula is C13H20N2O2. The van der Waals surface area contributed by atoms with E-state index in [1.54, 1.807) is 12.1 Å². The van der Waals surface area contributed by atoms with Crippen LogP contribution in [0.3, 0.4) is 0 Å². The SMILES string of the molecule is CN(CCNC(=O)c1ccco1)C1CCCC1. The number of nitrogens with zero attached hydrogens (tertiary/aromatic N) is 1. The summed E-state index contributed by atoms with van der Waals surface area (Å²) < 4.78 is 5.03. The first-order valence-corrected chi connectivity index (χ1v) is 6.29. The maximum Gasteiger partial charge on any atom is 0.287 e. The summed E-state index contributed by atoms with van der Waals surface area (Å²) in [6, 6.07) is 4.10. The van der Waals surface area contributed by atoms with Gasteiger partial charge in [0.15, 0.2) is 5.76 Å². The molecular weight excluding hydrogens is 216 g/mol. The van der Waals surface area contributed by atoms with Crippen LogP contribution in [0, 0.1) is 0 Å². The standard InChI is InChI=1S/C13H20N2O2/c1-15(11-5-2-3-6-11)9-8-14-13(16)12-7-4-10-17-12/h4,7,10-11H,2-3,5-6,8-9H2,1H3,(H,14,16). The molecule has 0 aromatic carbocycles. The zero-order chi connectivity index (χ0) is 12.1. The van der Waals surface area contributed by atoms with Gasteiger partial charge in [-0.1, -0.05) is 12.8 Å². The van der Waals surface area contributed by atoms with E-state index in [4.69, 9.17) is 4.42 Å². The molecule has 1 fully saturated rings. The molecule has 1 heterocycles. The Labute approximate surface area is 102 Å². The van der Waals surface area contributed by atoms with E-state index in [-0.39, 0.29) is 5.91 Å². The van der Waals surface area contributed by atoms with E-state index in [0.29, 0.717) is 18.3 Å². The number of hydrogen-bond donors (Lipinski definition) is 1. The minimum Gasteiger partial charge on any atom is -0.459 e. The van der Waals surface area contributed by atoms with Crippen LogP contribution < -0.4 is 5.32 Å². The highest BCUT2D eigenvalue weighted by Gasteiger charge is 2.19. The molecule has 1 aromatic rings. The highest BCUT2D eigenvalue weighted by molar-refractivity contribution is 5.91. The Morgan fingerprint density at radius 2 is 2.29 bits per heavy atom. The molecule has 1 aliphatic rings. The van der Waals surface area contributed by atoms with Gasteiger partial charge in [0.25, 0.3) is 5.91 Å². The summed E-state index contributed by atoms with van der Waals surface area (Å²) in [5.41, 5.74) is 0. The number of nitrogens with one attached hydrogen (secondary N) is 1. The topological polar surface area (TPSA) is 45.5 Å². The van der Waals surface area contributed by atoms with Gasteiger partial charge in [0.05, 0.1) is 6.26 Å². The van der Waals surface area contributed by atoms with Crippen molar-refractivity contribution in [1.29, 1.82) is 0 Å². The Kier molecular flexibility index (Phi) is 4.20. The lowest BCUT2D eigenvalue weighted by molar-refractivity contribution is 0.0919. The second-order valence-corrected chi connectivity index (χ2v) is 4.65. The Bertz CT molecular complexity index is 342. The minimum absolute atomic E-state index is 0.130. The van der Waals surface area contributed by atoms with E-state index in [9.17, 15) is 4.79 Å². The predicted octanol–water partition coefficient (Wildman–Crippen LogP) is 1.88. The third kappa shape index (κ3) is 3.33. The van der Waals surface area contributed by atoms with Crippen molar-refractivity contribution in [3.05, 3.63) is 24.2 Å². The zero-order valence-corrected chi connectivity index (χ0v) is 10.3. The fraction of sp³-hybridized carbons (Fsp3) is 0.615. The molecule has 0 spiro atoms. The summed E-state index contributed by atoms with van der Waals surface area (Å²) in [6.45, 7) is 1.57. The number of hydrogen-bond acceptors (Lipinski definition) is 3. The number of carbonyl (C=O) groups excluding carboxylic acids is 1. The first kappa shape index (κ1) is 12.2. The molecule has 4 heteroatoms. The van der Waals surface area contributed by atoms with E-state index in [1.165, 1.54) is 31.9 Å². The fourth-order valence-corrected chi connectivity index (χ4v) is 2.37. The van der Waals surface area contributed by atoms with Crippen molar-refractivity contribution in [3.63, 3.8) is 0 Å². The summed E-state index contributed by atoms with van der Waals surface area (Å²) in [5, 5.41) is 2.87. The van der Waals surface area contributed by atoms with E-state index in [1.807, 2.05) is 0 Å². The summed E-state index contributed by atoms with van der Waals surface area (Å²) in [5.74, 6) is 0.253. The van der Waals surface area contributed by atoms with E-state index in [2.05, 4.69) is 17.3 Å². The molecule has 0 radical (unpaired) electrons. The second kappa shape index (κ2) is 5.87. The van der Waals surface area contributed by atoms with Gasteiger partial charge in [-0.15, -0.1) is 0 Å². The average molecular weight is 236 g/mol. The molecule has 2 rings (SSSR count). The largest absolute Gasteiger partial charge is 0.459 e.